The minimum absolute atomic E-state index is 0.231. The van der Waals surface area contributed by atoms with Crippen molar-refractivity contribution in [1.82, 2.24) is 9.97 Å². The number of aromatic nitrogens is 2. The van der Waals surface area contributed by atoms with Crippen LogP contribution in [0.15, 0.2) is 53.3 Å². The molecule has 5 heteroatoms. The number of halogens is 2. The molecule has 0 fully saturated rings. The van der Waals surface area contributed by atoms with E-state index in [4.69, 9.17) is 0 Å². The van der Waals surface area contributed by atoms with E-state index in [-0.39, 0.29) is 5.82 Å². The number of hydrogen-bond donors (Lipinski definition) is 1. The second-order valence-electron chi connectivity index (χ2n) is 4.36. The molecular formula is C15H11BrFN3. The molecule has 0 atom stereocenters. The predicted molar refractivity (Wildman–Crippen MR) is 81.0 cm³/mol. The number of anilines is 1. The third kappa shape index (κ3) is 2.77. The highest BCUT2D eigenvalue weighted by Crippen LogP contribution is 2.22. The lowest BCUT2D eigenvalue weighted by atomic mass is 10.2. The normalized spacial score (nSPS) is 10.7. The molecular weight excluding hydrogens is 321 g/mol. The van der Waals surface area contributed by atoms with Gasteiger partial charge in [-0.3, -0.25) is 9.97 Å². The largest absolute Gasteiger partial charge is 0.379 e. The van der Waals surface area contributed by atoms with Crippen molar-refractivity contribution in [2.24, 2.45) is 0 Å². The van der Waals surface area contributed by atoms with Crippen molar-refractivity contribution in [2.45, 2.75) is 6.54 Å². The molecule has 3 nitrogen and oxygen atoms in total. The number of rotatable bonds is 3. The smallest absolute Gasteiger partial charge is 0.123 e. The minimum Gasteiger partial charge on any atom is -0.379 e. The molecule has 100 valence electrons. The van der Waals surface area contributed by atoms with Gasteiger partial charge in [0.25, 0.3) is 0 Å². The maximum Gasteiger partial charge on any atom is 0.123 e. The minimum atomic E-state index is -0.231. The maximum absolute atomic E-state index is 13.1. The van der Waals surface area contributed by atoms with Crippen LogP contribution in [0, 0.1) is 5.82 Å². The van der Waals surface area contributed by atoms with Crippen LogP contribution in [0.4, 0.5) is 10.1 Å². The summed E-state index contributed by atoms with van der Waals surface area (Å²) in [6.07, 6.45) is 3.46. The summed E-state index contributed by atoms with van der Waals surface area (Å²) in [6, 6.07) is 10.3. The second kappa shape index (κ2) is 5.54. The molecule has 0 unspecified atom stereocenters. The number of pyridine rings is 2. The molecule has 0 aliphatic rings. The molecule has 20 heavy (non-hydrogen) atoms. The zero-order chi connectivity index (χ0) is 13.9. The van der Waals surface area contributed by atoms with E-state index in [1.165, 1.54) is 12.1 Å². The fourth-order valence-corrected chi connectivity index (χ4v) is 2.31. The van der Waals surface area contributed by atoms with Crippen LogP contribution in [0.25, 0.3) is 11.0 Å². The lowest BCUT2D eigenvalue weighted by molar-refractivity contribution is 0.626. The Hall–Kier alpha value is -2.01. The highest BCUT2D eigenvalue weighted by atomic mass is 79.9. The van der Waals surface area contributed by atoms with Gasteiger partial charge >= 0.3 is 0 Å². The van der Waals surface area contributed by atoms with Crippen LogP contribution in [0.5, 0.6) is 0 Å². The topological polar surface area (TPSA) is 37.8 Å². The summed E-state index contributed by atoms with van der Waals surface area (Å²) < 4.78 is 14.0. The molecule has 2 aromatic heterocycles. The first-order valence-corrected chi connectivity index (χ1v) is 6.90. The van der Waals surface area contributed by atoms with Crippen molar-refractivity contribution in [2.75, 3.05) is 5.32 Å². The van der Waals surface area contributed by atoms with Gasteiger partial charge in [0.15, 0.2) is 0 Å². The van der Waals surface area contributed by atoms with Gasteiger partial charge in [-0.05, 0) is 45.8 Å². The van der Waals surface area contributed by atoms with E-state index in [0.29, 0.717) is 6.54 Å². The first kappa shape index (κ1) is 13.0. The number of nitrogens with zero attached hydrogens (tertiary/aromatic N) is 2. The Bertz CT molecular complexity index is 761. The maximum atomic E-state index is 13.1. The van der Waals surface area contributed by atoms with Crippen molar-refractivity contribution in [3.05, 3.63) is 64.6 Å². The van der Waals surface area contributed by atoms with Gasteiger partial charge in [-0.1, -0.05) is 12.1 Å². The quantitative estimate of drug-likeness (QED) is 0.783. The summed E-state index contributed by atoms with van der Waals surface area (Å²) >= 11 is 3.38. The highest BCUT2D eigenvalue weighted by molar-refractivity contribution is 9.10. The Kier molecular flexibility index (Phi) is 3.60. The van der Waals surface area contributed by atoms with Gasteiger partial charge < -0.3 is 5.32 Å². The molecule has 0 amide bonds. The fraction of sp³-hybridized carbons (Fsp3) is 0.0667. The Balaban J connectivity index is 1.87. The highest BCUT2D eigenvalue weighted by Gasteiger charge is 2.04. The molecule has 0 spiro atoms. The Morgan fingerprint density at radius 1 is 1.15 bits per heavy atom. The van der Waals surface area contributed by atoms with Crippen LogP contribution < -0.4 is 5.32 Å². The van der Waals surface area contributed by atoms with Gasteiger partial charge in [0, 0.05) is 23.4 Å². The second-order valence-corrected chi connectivity index (χ2v) is 5.28. The SMILES string of the molecule is Fc1cccc(CNc2ccnc3cc(Br)cnc23)c1. The molecule has 2 heterocycles. The lowest BCUT2D eigenvalue weighted by Crippen LogP contribution is -2.01. The zero-order valence-electron chi connectivity index (χ0n) is 10.5. The van der Waals surface area contributed by atoms with Gasteiger partial charge in [0.2, 0.25) is 0 Å². The Morgan fingerprint density at radius 3 is 2.90 bits per heavy atom. The molecule has 1 N–H and O–H groups in total. The summed E-state index contributed by atoms with van der Waals surface area (Å²) in [5.74, 6) is -0.231. The molecule has 0 bridgehead atoms. The lowest BCUT2D eigenvalue weighted by Gasteiger charge is -2.09. The van der Waals surface area contributed by atoms with Crippen LogP contribution in [0.2, 0.25) is 0 Å². The average molecular weight is 332 g/mol. The standard InChI is InChI=1S/C15H11BrFN3/c16-11-7-14-15(20-9-11)13(4-5-18-14)19-8-10-2-1-3-12(17)6-10/h1-7,9H,8H2,(H,18,19). The van der Waals surface area contributed by atoms with Crippen LogP contribution in [0.1, 0.15) is 5.56 Å². The summed E-state index contributed by atoms with van der Waals surface area (Å²) in [5.41, 5.74) is 3.37. The number of fused-ring (bicyclic) bond motifs is 1. The summed E-state index contributed by atoms with van der Waals surface area (Å²) in [6.45, 7) is 0.536. The molecule has 3 aromatic rings. The van der Waals surface area contributed by atoms with Crippen molar-refractivity contribution in [3.8, 4) is 0 Å². The predicted octanol–water partition coefficient (Wildman–Crippen LogP) is 4.14. The molecule has 1 aromatic carbocycles. The monoisotopic (exact) mass is 331 g/mol. The van der Waals surface area contributed by atoms with Crippen molar-refractivity contribution >= 4 is 32.7 Å². The van der Waals surface area contributed by atoms with Gasteiger partial charge in [0.1, 0.15) is 11.3 Å². The van der Waals surface area contributed by atoms with E-state index in [1.807, 2.05) is 18.2 Å². The van der Waals surface area contributed by atoms with Gasteiger partial charge in [0.05, 0.1) is 11.2 Å². The number of hydrogen-bond acceptors (Lipinski definition) is 3. The van der Waals surface area contributed by atoms with Crippen LogP contribution >= 0.6 is 15.9 Å². The summed E-state index contributed by atoms with van der Waals surface area (Å²) in [4.78, 5) is 8.64. The number of benzene rings is 1. The first-order valence-electron chi connectivity index (χ1n) is 6.11. The van der Waals surface area contributed by atoms with Crippen molar-refractivity contribution < 1.29 is 4.39 Å². The van der Waals surface area contributed by atoms with Crippen LogP contribution in [-0.2, 0) is 6.54 Å². The van der Waals surface area contributed by atoms with E-state index < -0.39 is 0 Å². The molecule has 0 saturated heterocycles. The van der Waals surface area contributed by atoms with E-state index >= 15 is 0 Å². The van der Waals surface area contributed by atoms with Gasteiger partial charge in [-0.2, -0.15) is 0 Å². The van der Waals surface area contributed by atoms with E-state index in [0.717, 1.165) is 26.8 Å². The summed E-state index contributed by atoms with van der Waals surface area (Å²) in [7, 11) is 0. The van der Waals surface area contributed by atoms with Crippen LogP contribution in [0.3, 0.4) is 0 Å². The van der Waals surface area contributed by atoms with Gasteiger partial charge in [-0.15, -0.1) is 0 Å². The average Bonchev–Trinajstić information content (AvgIpc) is 2.44. The molecule has 3 rings (SSSR count). The van der Waals surface area contributed by atoms with Crippen molar-refractivity contribution in [3.63, 3.8) is 0 Å². The molecule has 0 aliphatic heterocycles. The van der Waals surface area contributed by atoms with Crippen molar-refractivity contribution in [1.29, 1.82) is 0 Å². The van der Waals surface area contributed by atoms with E-state index in [9.17, 15) is 4.39 Å². The van der Waals surface area contributed by atoms with E-state index in [1.54, 1.807) is 18.5 Å². The first-order chi connectivity index (χ1) is 9.72. The molecule has 0 saturated carbocycles. The molecule has 0 radical (unpaired) electrons. The molecule has 0 aliphatic carbocycles. The Morgan fingerprint density at radius 2 is 2.05 bits per heavy atom. The van der Waals surface area contributed by atoms with Gasteiger partial charge in [-0.25, -0.2) is 4.39 Å². The summed E-state index contributed by atoms with van der Waals surface area (Å²) in [5, 5.41) is 3.27. The van der Waals surface area contributed by atoms with Crippen LogP contribution in [-0.4, -0.2) is 9.97 Å². The zero-order valence-corrected chi connectivity index (χ0v) is 12.1. The number of nitrogens with one attached hydrogen (secondary N) is 1. The third-order valence-corrected chi connectivity index (χ3v) is 3.35. The fourth-order valence-electron chi connectivity index (χ4n) is 1.99. The third-order valence-electron chi connectivity index (χ3n) is 2.92. The Labute approximate surface area is 124 Å². The van der Waals surface area contributed by atoms with E-state index in [2.05, 4.69) is 31.2 Å².